The molecule has 0 amide bonds. The molecule has 78 valence electrons. The van der Waals surface area contributed by atoms with Crippen molar-refractivity contribution in [2.75, 3.05) is 4.72 Å². The van der Waals surface area contributed by atoms with Crippen LogP contribution < -0.4 is 4.72 Å². The fourth-order valence-electron chi connectivity index (χ4n) is 0.967. The van der Waals surface area contributed by atoms with Gasteiger partial charge in [-0.2, -0.15) is 5.10 Å². The van der Waals surface area contributed by atoms with Crippen molar-refractivity contribution in [1.82, 2.24) is 9.78 Å². The largest absolute Gasteiger partial charge is 0.476 e. The van der Waals surface area contributed by atoms with Gasteiger partial charge in [0.15, 0.2) is 5.69 Å². The van der Waals surface area contributed by atoms with E-state index in [1.54, 1.807) is 14.0 Å². The zero-order chi connectivity index (χ0) is 10.9. The Balaban J connectivity index is 3.23. The van der Waals surface area contributed by atoms with Gasteiger partial charge in [-0.3, -0.25) is 14.0 Å². The third kappa shape index (κ3) is 1.91. The molecule has 0 radical (unpaired) electrons. The van der Waals surface area contributed by atoms with Gasteiger partial charge in [-0.05, 0) is 6.92 Å². The maximum atomic E-state index is 10.7. The molecule has 1 atom stereocenters. The number of carboxylic acids is 1. The normalized spacial score (nSPS) is 12.5. The minimum atomic E-state index is -2.31. The zero-order valence-electron chi connectivity index (χ0n) is 7.51. The summed E-state index contributed by atoms with van der Waals surface area (Å²) in [4.78, 5) is 10.7. The Bertz CT molecular complexity index is 400. The van der Waals surface area contributed by atoms with Crippen molar-refractivity contribution >= 4 is 22.9 Å². The first-order valence-electron chi connectivity index (χ1n) is 3.58. The first-order chi connectivity index (χ1) is 6.43. The number of carbonyl (C=O) groups is 1. The van der Waals surface area contributed by atoms with Crippen LogP contribution in [0.3, 0.4) is 0 Å². The van der Waals surface area contributed by atoms with E-state index in [1.807, 2.05) is 0 Å². The molecule has 0 bridgehead atoms. The second kappa shape index (κ2) is 3.76. The van der Waals surface area contributed by atoms with Crippen LogP contribution in [0.4, 0.5) is 5.69 Å². The number of aryl methyl sites for hydroxylation is 1. The molecule has 3 N–H and O–H groups in total. The number of nitrogens with one attached hydrogen (secondary N) is 1. The van der Waals surface area contributed by atoms with E-state index in [0.29, 0.717) is 5.69 Å². The number of hydrogen-bond acceptors (Lipinski definition) is 3. The minimum absolute atomic E-state index is 0.0563. The molecular weight excluding hydrogens is 210 g/mol. The van der Waals surface area contributed by atoms with Crippen LogP contribution in [-0.4, -0.2) is 29.6 Å². The van der Waals surface area contributed by atoms with Crippen molar-refractivity contribution in [2.24, 2.45) is 7.05 Å². The lowest BCUT2D eigenvalue weighted by molar-refractivity contribution is 0.0691. The van der Waals surface area contributed by atoms with Gasteiger partial charge in [0.2, 0.25) is 0 Å². The van der Waals surface area contributed by atoms with Gasteiger partial charge in [0.1, 0.15) is 5.69 Å². The number of aromatic carboxylic acids is 1. The highest BCUT2D eigenvalue weighted by atomic mass is 32.2. The van der Waals surface area contributed by atoms with Gasteiger partial charge in [0.25, 0.3) is 11.3 Å². The molecular formula is C6H9N3O4S. The van der Waals surface area contributed by atoms with E-state index in [-0.39, 0.29) is 11.4 Å². The van der Waals surface area contributed by atoms with E-state index in [0.717, 1.165) is 0 Å². The molecule has 1 heterocycles. The Morgan fingerprint density at radius 3 is 2.64 bits per heavy atom. The molecule has 8 heteroatoms. The molecule has 0 spiro atoms. The summed E-state index contributed by atoms with van der Waals surface area (Å²) in [7, 11) is 1.55. The molecule has 7 nitrogen and oxygen atoms in total. The van der Waals surface area contributed by atoms with Crippen molar-refractivity contribution in [3.63, 3.8) is 0 Å². The fourth-order valence-corrected chi connectivity index (χ4v) is 1.39. The summed E-state index contributed by atoms with van der Waals surface area (Å²) in [6, 6.07) is 0. The number of aromatic nitrogens is 2. The molecule has 0 saturated carbocycles. The molecule has 0 aliphatic rings. The number of anilines is 1. The lowest BCUT2D eigenvalue weighted by Gasteiger charge is -2.00. The highest BCUT2D eigenvalue weighted by Crippen LogP contribution is 2.19. The Labute approximate surface area is 82.2 Å². The van der Waals surface area contributed by atoms with Gasteiger partial charge < -0.3 is 5.11 Å². The van der Waals surface area contributed by atoms with Crippen LogP contribution in [0.5, 0.6) is 0 Å². The summed E-state index contributed by atoms with van der Waals surface area (Å²) in [5.74, 6) is -1.25. The Kier molecular flexibility index (Phi) is 2.87. The maximum absolute atomic E-state index is 10.7. The van der Waals surface area contributed by atoms with Crippen LogP contribution in [0.25, 0.3) is 0 Å². The summed E-state index contributed by atoms with van der Waals surface area (Å²) in [6.45, 7) is 1.59. The summed E-state index contributed by atoms with van der Waals surface area (Å²) in [5, 5.41) is 12.4. The summed E-state index contributed by atoms with van der Waals surface area (Å²) in [6.07, 6.45) is 0. The van der Waals surface area contributed by atoms with Crippen LogP contribution in [0.1, 0.15) is 16.2 Å². The van der Waals surface area contributed by atoms with E-state index in [1.165, 1.54) is 4.68 Å². The zero-order valence-corrected chi connectivity index (χ0v) is 8.33. The van der Waals surface area contributed by atoms with E-state index in [9.17, 15) is 9.00 Å². The number of nitrogens with zero attached hydrogens (tertiary/aromatic N) is 2. The SMILES string of the molecule is Cc1c(NS(=O)O)c(C(=O)O)nn1C. The number of hydrogen-bond donors (Lipinski definition) is 3. The molecule has 0 aliphatic heterocycles. The Morgan fingerprint density at radius 2 is 2.21 bits per heavy atom. The standard InChI is InChI=1S/C6H9N3O4S/c1-3-4(8-14(12)13)5(6(10)11)7-9(3)2/h8H,1-2H3,(H,10,11)(H,12,13). The average molecular weight is 219 g/mol. The quantitative estimate of drug-likeness (QED) is 0.619. The first kappa shape index (κ1) is 10.7. The second-order valence-electron chi connectivity index (χ2n) is 2.59. The molecule has 1 rings (SSSR count). The van der Waals surface area contributed by atoms with Crippen molar-refractivity contribution in [3.8, 4) is 0 Å². The minimum Gasteiger partial charge on any atom is -0.476 e. The summed E-state index contributed by atoms with van der Waals surface area (Å²) < 4.78 is 22.5. The monoisotopic (exact) mass is 219 g/mol. The maximum Gasteiger partial charge on any atom is 0.358 e. The highest BCUT2D eigenvalue weighted by Gasteiger charge is 2.19. The lowest BCUT2D eigenvalue weighted by atomic mass is 10.3. The van der Waals surface area contributed by atoms with Gasteiger partial charge in [0, 0.05) is 7.05 Å². The first-order valence-corrected chi connectivity index (χ1v) is 4.68. The van der Waals surface area contributed by atoms with Crippen LogP contribution in [0.2, 0.25) is 0 Å². The van der Waals surface area contributed by atoms with Crippen LogP contribution in [0, 0.1) is 6.92 Å². The van der Waals surface area contributed by atoms with Crippen molar-refractivity contribution in [2.45, 2.75) is 6.92 Å². The van der Waals surface area contributed by atoms with E-state index in [2.05, 4.69) is 9.82 Å². The lowest BCUT2D eigenvalue weighted by Crippen LogP contribution is -2.07. The van der Waals surface area contributed by atoms with Crippen LogP contribution in [0.15, 0.2) is 0 Å². The summed E-state index contributed by atoms with van der Waals surface area (Å²) in [5.41, 5.74) is 0.262. The number of carboxylic acid groups (broad SMARTS) is 1. The van der Waals surface area contributed by atoms with Gasteiger partial charge in [-0.1, -0.05) is 0 Å². The third-order valence-electron chi connectivity index (χ3n) is 1.73. The van der Waals surface area contributed by atoms with Crippen molar-refractivity contribution in [3.05, 3.63) is 11.4 Å². The summed E-state index contributed by atoms with van der Waals surface area (Å²) >= 11 is -2.31. The Morgan fingerprint density at radius 1 is 1.64 bits per heavy atom. The second-order valence-corrected chi connectivity index (χ2v) is 3.29. The van der Waals surface area contributed by atoms with Gasteiger partial charge in [-0.25, -0.2) is 9.00 Å². The fraction of sp³-hybridized carbons (Fsp3) is 0.333. The van der Waals surface area contributed by atoms with E-state index < -0.39 is 17.2 Å². The highest BCUT2D eigenvalue weighted by molar-refractivity contribution is 7.80. The molecule has 0 saturated heterocycles. The van der Waals surface area contributed by atoms with Gasteiger partial charge in [-0.15, -0.1) is 0 Å². The molecule has 1 unspecified atom stereocenters. The molecule has 1 aromatic heterocycles. The predicted molar refractivity (Wildman–Crippen MR) is 49.3 cm³/mol. The third-order valence-corrected chi connectivity index (χ3v) is 2.10. The van der Waals surface area contributed by atoms with Crippen molar-refractivity contribution in [1.29, 1.82) is 0 Å². The van der Waals surface area contributed by atoms with Gasteiger partial charge >= 0.3 is 5.97 Å². The number of rotatable bonds is 3. The molecule has 0 aromatic carbocycles. The van der Waals surface area contributed by atoms with Gasteiger partial charge in [0.05, 0.1) is 5.69 Å². The van der Waals surface area contributed by atoms with Crippen LogP contribution >= 0.6 is 0 Å². The molecule has 1 aromatic rings. The topological polar surface area (TPSA) is 104 Å². The van der Waals surface area contributed by atoms with Crippen LogP contribution in [-0.2, 0) is 18.3 Å². The average Bonchev–Trinajstić information content (AvgIpc) is 2.32. The predicted octanol–water partition coefficient (Wildman–Crippen LogP) is -0.0247. The molecule has 0 fully saturated rings. The van der Waals surface area contributed by atoms with E-state index >= 15 is 0 Å². The van der Waals surface area contributed by atoms with E-state index in [4.69, 9.17) is 9.66 Å². The smallest absolute Gasteiger partial charge is 0.358 e. The van der Waals surface area contributed by atoms with Crippen molar-refractivity contribution < 1.29 is 18.7 Å². The Hall–Kier alpha value is -1.41. The molecule has 14 heavy (non-hydrogen) atoms. The molecule has 0 aliphatic carbocycles.